The summed E-state index contributed by atoms with van der Waals surface area (Å²) >= 11 is 0. The molecule has 0 saturated carbocycles. The molecule has 27 heavy (non-hydrogen) atoms. The van der Waals surface area contributed by atoms with E-state index in [4.69, 9.17) is 14.2 Å². The summed E-state index contributed by atoms with van der Waals surface area (Å²) in [5.41, 5.74) is 1.10. The number of aliphatic hydroxyl groups excluding tert-OH is 2. The fourth-order valence-corrected chi connectivity index (χ4v) is 4.17. The Morgan fingerprint density at radius 2 is 1.78 bits per heavy atom. The second-order valence-corrected chi connectivity index (χ2v) is 7.83. The average molecular weight is 372 g/mol. The van der Waals surface area contributed by atoms with E-state index >= 15 is 0 Å². The molecule has 0 fully saturated rings. The number of rotatable bonds is 0. The van der Waals surface area contributed by atoms with Crippen LogP contribution >= 0.6 is 0 Å². The van der Waals surface area contributed by atoms with E-state index in [9.17, 15) is 20.4 Å². The van der Waals surface area contributed by atoms with Crippen molar-refractivity contribution < 1.29 is 34.6 Å². The maximum Gasteiger partial charge on any atom is 0.200 e. The predicted octanol–water partition coefficient (Wildman–Crippen LogP) is 2.27. The standard InChI is InChI=1S/C20H20O7/c1-20(2)19(24)15(22)10-5-9-11-7-25-18-8(3-4-12(21)16(18)23)17(11)26-13(9)6-14(10)27-20/h3-6,11,15,17,19,21-24H,7H2,1-2H3/t11-,15+,17+,19-/m1/s1. The Bertz CT molecular complexity index is 952. The third kappa shape index (κ3) is 2.15. The van der Waals surface area contributed by atoms with Gasteiger partial charge in [-0.25, -0.2) is 0 Å². The van der Waals surface area contributed by atoms with Gasteiger partial charge in [0.25, 0.3) is 0 Å². The summed E-state index contributed by atoms with van der Waals surface area (Å²) < 4.78 is 17.7. The Balaban J connectivity index is 1.59. The Labute approximate surface area is 155 Å². The molecule has 7 nitrogen and oxygen atoms in total. The molecule has 0 saturated heterocycles. The van der Waals surface area contributed by atoms with Crippen molar-refractivity contribution in [1.82, 2.24) is 0 Å². The fraction of sp³-hybridized carbons (Fsp3) is 0.400. The molecular weight excluding hydrogens is 352 g/mol. The monoisotopic (exact) mass is 372 g/mol. The summed E-state index contributed by atoms with van der Waals surface area (Å²) in [4.78, 5) is 0. The number of hydrogen-bond donors (Lipinski definition) is 4. The van der Waals surface area contributed by atoms with E-state index in [-0.39, 0.29) is 35.9 Å². The van der Waals surface area contributed by atoms with Crippen molar-refractivity contribution in [2.45, 2.75) is 43.7 Å². The van der Waals surface area contributed by atoms with E-state index < -0.39 is 17.8 Å². The Morgan fingerprint density at radius 1 is 1.00 bits per heavy atom. The molecule has 0 aromatic heterocycles. The highest BCUT2D eigenvalue weighted by Gasteiger charge is 2.46. The average Bonchev–Trinajstić information content (AvgIpc) is 2.99. The van der Waals surface area contributed by atoms with Crippen molar-refractivity contribution in [1.29, 1.82) is 0 Å². The lowest BCUT2D eigenvalue weighted by Gasteiger charge is -2.40. The van der Waals surface area contributed by atoms with E-state index in [1.807, 2.05) is 0 Å². The Kier molecular flexibility index (Phi) is 3.19. The normalized spacial score (nSPS) is 29.3. The first-order chi connectivity index (χ1) is 12.8. The summed E-state index contributed by atoms with van der Waals surface area (Å²) in [6, 6.07) is 6.61. The number of hydrogen-bond acceptors (Lipinski definition) is 7. The van der Waals surface area contributed by atoms with Gasteiger partial charge < -0.3 is 34.6 Å². The van der Waals surface area contributed by atoms with Crippen molar-refractivity contribution in [3.63, 3.8) is 0 Å². The summed E-state index contributed by atoms with van der Waals surface area (Å²) in [7, 11) is 0. The van der Waals surface area contributed by atoms with Crippen molar-refractivity contribution in [3.8, 4) is 28.7 Å². The van der Waals surface area contributed by atoms with Crippen LogP contribution in [0.5, 0.6) is 28.7 Å². The second kappa shape index (κ2) is 5.21. The van der Waals surface area contributed by atoms with Gasteiger partial charge in [-0.3, -0.25) is 0 Å². The van der Waals surface area contributed by atoms with Crippen LogP contribution in [0.3, 0.4) is 0 Å². The molecule has 3 heterocycles. The Morgan fingerprint density at radius 3 is 2.56 bits per heavy atom. The van der Waals surface area contributed by atoms with Crippen LogP contribution in [0, 0.1) is 0 Å². The molecule has 0 radical (unpaired) electrons. The van der Waals surface area contributed by atoms with Crippen molar-refractivity contribution in [2.75, 3.05) is 6.61 Å². The van der Waals surface area contributed by atoms with E-state index in [1.165, 1.54) is 6.07 Å². The predicted molar refractivity (Wildman–Crippen MR) is 93.5 cm³/mol. The third-order valence-corrected chi connectivity index (χ3v) is 5.72. The summed E-state index contributed by atoms with van der Waals surface area (Å²) in [6.45, 7) is 3.69. The van der Waals surface area contributed by atoms with Gasteiger partial charge in [0.15, 0.2) is 11.5 Å². The molecule has 2 aromatic rings. The minimum Gasteiger partial charge on any atom is -0.504 e. The van der Waals surface area contributed by atoms with Crippen LogP contribution in [0.15, 0.2) is 24.3 Å². The smallest absolute Gasteiger partial charge is 0.200 e. The lowest BCUT2D eigenvalue weighted by Crippen LogP contribution is -2.48. The summed E-state index contributed by atoms with van der Waals surface area (Å²) in [5, 5.41) is 40.7. The minimum atomic E-state index is -1.06. The zero-order valence-corrected chi connectivity index (χ0v) is 14.8. The van der Waals surface area contributed by atoms with E-state index in [1.54, 1.807) is 32.0 Å². The topological polar surface area (TPSA) is 109 Å². The second-order valence-electron chi connectivity index (χ2n) is 7.83. The third-order valence-electron chi connectivity index (χ3n) is 5.72. The summed E-state index contributed by atoms with van der Waals surface area (Å²) in [5.74, 6) is 0.638. The van der Waals surface area contributed by atoms with Gasteiger partial charge in [-0.2, -0.15) is 0 Å². The molecule has 0 aliphatic carbocycles. The molecule has 0 spiro atoms. The maximum atomic E-state index is 10.6. The van der Waals surface area contributed by atoms with Crippen molar-refractivity contribution in [3.05, 3.63) is 41.0 Å². The number of phenols is 2. The molecule has 2 aromatic carbocycles. The van der Waals surface area contributed by atoms with Crippen LogP contribution in [-0.2, 0) is 0 Å². The van der Waals surface area contributed by atoms with Gasteiger partial charge in [0.1, 0.15) is 35.4 Å². The van der Waals surface area contributed by atoms with Gasteiger partial charge in [-0.1, -0.05) is 0 Å². The molecule has 4 N–H and O–H groups in total. The van der Waals surface area contributed by atoms with Crippen LogP contribution < -0.4 is 14.2 Å². The molecule has 0 bridgehead atoms. The number of ether oxygens (including phenoxy) is 3. The number of aliphatic hydroxyl groups is 2. The van der Waals surface area contributed by atoms with Crippen molar-refractivity contribution >= 4 is 0 Å². The molecular formula is C20H20O7. The van der Waals surface area contributed by atoms with Gasteiger partial charge in [0.2, 0.25) is 5.75 Å². The number of aromatic hydroxyl groups is 2. The van der Waals surface area contributed by atoms with Gasteiger partial charge in [-0.05, 0) is 32.0 Å². The van der Waals surface area contributed by atoms with Crippen LogP contribution in [0.25, 0.3) is 0 Å². The molecule has 4 atom stereocenters. The highest BCUT2D eigenvalue weighted by molar-refractivity contribution is 5.60. The quantitative estimate of drug-likeness (QED) is 0.525. The van der Waals surface area contributed by atoms with Crippen LogP contribution in [-0.4, -0.2) is 38.7 Å². The fourth-order valence-electron chi connectivity index (χ4n) is 4.17. The Hall–Kier alpha value is -2.64. The highest BCUT2D eigenvalue weighted by atomic mass is 16.5. The van der Waals surface area contributed by atoms with Crippen LogP contribution in [0.2, 0.25) is 0 Å². The summed E-state index contributed by atoms with van der Waals surface area (Å²) in [6.07, 6.45) is -2.50. The highest BCUT2D eigenvalue weighted by Crippen LogP contribution is 2.56. The van der Waals surface area contributed by atoms with Crippen LogP contribution in [0.1, 0.15) is 48.7 Å². The lowest BCUT2D eigenvalue weighted by molar-refractivity contribution is -0.111. The van der Waals surface area contributed by atoms with Gasteiger partial charge in [-0.15, -0.1) is 0 Å². The van der Waals surface area contributed by atoms with Gasteiger partial charge >= 0.3 is 0 Å². The number of benzene rings is 2. The molecule has 7 heteroatoms. The van der Waals surface area contributed by atoms with Crippen LogP contribution in [0.4, 0.5) is 0 Å². The lowest BCUT2D eigenvalue weighted by atomic mass is 9.84. The zero-order chi connectivity index (χ0) is 19.1. The first-order valence-corrected chi connectivity index (χ1v) is 8.85. The molecule has 0 unspecified atom stereocenters. The first-order valence-electron chi connectivity index (χ1n) is 8.85. The number of phenolic OH excluding ortho intramolecular Hbond substituents is 2. The van der Waals surface area contributed by atoms with Crippen molar-refractivity contribution in [2.24, 2.45) is 0 Å². The van der Waals surface area contributed by atoms with Gasteiger partial charge in [0, 0.05) is 22.8 Å². The number of fused-ring (bicyclic) bond motifs is 6. The first kappa shape index (κ1) is 16.5. The SMILES string of the molecule is CC1(C)Oc2cc3c(cc2[C@H](O)[C@H]1O)[C@H]1COc2c(ccc(O)c2O)[C@@H]1O3. The molecule has 142 valence electrons. The molecule has 5 rings (SSSR count). The molecule has 0 amide bonds. The minimum absolute atomic E-state index is 0.138. The zero-order valence-electron chi connectivity index (χ0n) is 14.8. The van der Waals surface area contributed by atoms with Gasteiger partial charge in [0.05, 0.1) is 12.5 Å². The molecule has 3 aliphatic rings. The van der Waals surface area contributed by atoms with E-state index in [2.05, 4.69) is 0 Å². The maximum absolute atomic E-state index is 10.6. The van der Waals surface area contributed by atoms with E-state index in [0.717, 1.165) is 5.56 Å². The molecule has 3 aliphatic heterocycles. The largest absolute Gasteiger partial charge is 0.504 e. The van der Waals surface area contributed by atoms with E-state index in [0.29, 0.717) is 22.6 Å².